The third kappa shape index (κ3) is 3.08. The Labute approximate surface area is 115 Å². The van der Waals surface area contributed by atoms with Gasteiger partial charge >= 0.3 is 5.97 Å². The summed E-state index contributed by atoms with van der Waals surface area (Å²) in [5, 5.41) is 16.6. The van der Waals surface area contributed by atoms with Crippen LogP contribution in [-0.2, 0) is 7.05 Å². The van der Waals surface area contributed by atoms with E-state index in [1.165, 1.54) is 11.8 Å². The highest BCUT2D eigenvalue weighted by atomic mass is 32.2. The second-order valence-corrected chi connectivity index (χ2v) is 5.22. The van der Waals surface area contributed by atoms with Crippen molar-refractivity contribution >= 4 is 29.2 Å². The maximum absolute atomic E-state index is 11.4. The zero-order valence-corrected chi connectivity index (χ0v) is 11.6. The van der Waals surface area contributed by atoms with Crippen LogP contribution in [0.4, 0.5) is 11.5 Å². The standard InChI is InChI=1S/C13H15N3O2S/c1-3-19-10-6-4-5-9(12(10)13(17)18)14-11-7-8-16(2)15-11/h4-8H,3H2,1-2H3,(H,14,15)(H,17,18). The van der Waals surface area contributed by atoms with Crippen molar-refractivity contribution in [1.29, 1.82) is 0 Å². The van der Waals surface area contributed by atoms with E-state index in [1.54, 1.807) is 23.0 Å². The molecule has 0 amide bonds. The van der Waals surface area contributed by atoms with Gasteiger partial charge in [-0.15, -0.1) is 11.8 Å². The van der Waals surface area contributed by atoms with Crippen molar-refractivity contribution < 1.29 is 9.90 Å². The first kappa shape index (κ1) is 13.5. The van der Waals surface area contributed by atoms with Crippen molar-refractivity contribution in [3.8, 4) is 0 Å². The lowest BCUT2D eigenvalue weighted by atomic mass is 10.2. The number of hydrogen-bond acceptors (Lipinski definition) is 4. The normalized spacial score (nSPS) is 10.4. The predicted octanol–water partition coefficient (Wildman–Crippen LogP) is 2.97. The number of carboxylic acid groups (broad SMARTS) is 1. The second-order valence-electron chi connectivity index (χ2n) is 3.92. The van der Waals surface area contributed by atoms with Gasteiger partial charge in [-0.25, -0.2) is 4.79 Å². The van der Waals surface area contributed by atoms with Crippen molar-refractivity contribution in [2.75, 3.05) is 11.1 Å². The molecular weight excluding hydrogens is 262 g/mol. The summed E-state index contributed by atoms with van der Waals surface area (Å²) in [6.07, 6.45) is 1.80. The van der Waals surface area contributed by atoms with E-state index in [2.05, 4.69) is 10.4 Å². The molecule has 2 aromatic rings. The Balaban J connectivity index is 2.38. The molecule has 2 N–H and O–H groups in total. The number of aryl methyl sites for hydroxylation is 1. The molecule has 0 aliphatic carbocycles. The van der Waals surface area contributed by atoms with Crippen LogP contribution in [0.1, 0.15) is 17.3 Å². The molecule has 0 bridgehead atoms. The summed E-state index contributed by atoms with van der Waals surface area (Å²) in [7, 11) is 1.81. The minimum absolute atomic E-state index is 0.292. The summed E-state index contributed by atoms with van der Waals surface area (Å²) < 4.78 is 1.66. The van der Waals surface area contributed by atoms with Crippen LogP contribution in [0.25, 0.3) is 0 Å². The fourth-order valence-electron chi connectivity index (χ4n) is 1.75. The molecule has 1 aromatic carbocycles. The van der Waals surface area contributed by atoms with E-state index in [-0.39, 0.29) is 0 Å². The molecule has 0 fully saturated rings. The van der Waals surface area contributed by atoms with Crippen LogP contribution >= 0.6 is 11.8 Å². The molecule has 100 valence electrons. The number of carboxylic acids is 1. The van der Waals surface area contributed by atoms with Gasteiger partial charge in [-0.1, -0.05) is 13.0 Å². The lowest BCUT2D eigenvalue weighted by Gasteiger charge is -2.11. The van der Waals surface area contributed by atoms with Crippen LogP contribution in [0.5, 0.6) is 0 Å². The number of nitrogens with zero attached hydrogens (tertiary/aromatic N) is 2. The Morgan fingerprint density at radius 1 is 1.47 bits per heavy atom. The molecule has 19 heavy (non-hydrogen) atoms. The molecule has 0 aliphatic heterocycles. The number of hydrogen-bond donors (Lipinski definition) is 2. The topological polar surface area (TPSA) is 67.2 Å². The number of aromatic carboxylic acids is 1. The van der Waals surface area contributed by atoms with E-state index in [0.717, 1.165) is 10.6 Å². The molecule has 1 heterocycles. The number of anilines is 2. The summed E-state index contributed by atoms with van der Waals surface area (Å²) in [6, 6.07) is 7.21. The van der Waals surface area contributed by atoms with Crippen molar-refractivity contribution in [2.24, 2.45) is 7.05 Å². The first-order chi connectivity index (χ1) is 9.11. The number of carbonyl (C=O) groups is 1. The van der Waals surface area contributed by atoms with Gasteiger partial charge in [0, 0.05) is 24.2 Å². The molecule has 0 atom stereocenters. The van der Waals surface area contributed by atoms with Gasteiger partial charge in [-0.3, -0.25) is 4.68 Å². The van der Waals surface area contributed by atoms with Gasteiger partial charge in [0.05, 0.1) is 11.3 Å². The number of nitrogens with one attached hydrogen (secondary N) is 1. The average molecular weight is 277 g/mol. The Kier molecular flexibility index (Phi) is 4.11. The van der Waals surface area contributed by atoms with Gasteiger partial charge < -0.3 is 10.4 Å². The third-order valence-electron chi connectivity index (χ3n) is 2.52. The van der Waals surface area contributed by atoms with Gasteiger partial charge in [0.2, 0.25) is 0 Å². The van der Waals surface area contributed by atoms with E-state index in [1.807, 2.05) is 26.1 Å². The van der Waals surface area contributed by atoms with Gasteiger partial charge in [-0.2, -0.15) is 5.10 Å². The molecule has 0 saturated heterocycles. The number of aromatic nitrogens is 2. The van der Waals surface area contributed by atoms with Crippen LogP contribution in [0.3, 0.4) is 0 Å². The summed E-state index contributed by atoms with van der Waals surface area (Å²) in [4.78, 5) is 12.2. The highest BCUT2D eigenvalue weighted by Crippen LogP contribution is 2.30. The highest BCUT2D eigenvalue weighted by Gasteiger charge is 2.16. The highest BCUT2D eigenvalue weighted by molar-refractivity contribution is 7.99. The molecule has 6 heteroatoms. The molecule has 0 spiro atoms. The maximum Gasteiger partial charge on any atom is 0.338 e. The Bertz CT molecular complexity index is 595. The molecule has 0 aliphatic rings. The molecular formula is C13H15N3O2S. The van der Waals surface area contributed by atoms with E-state index < -0.39 is 5.97 Å². The summed E-state index contributed by atoms with van der Waals surface area (Å²) in [5.74, 6) is 0.520. The quantitative estimate of drug-likeness (QED) is 0.822. The molecule has 1 aromatic heterocycles. The third-order valence-corrected chi connectivity index (χ3v) is 3.46. The number of thioether (sulfide) groups is 1. The summed E-state index contributed by atoms with van der Waals surface area (Å²) in [6.45, 7) is 2.00. The smallest absolute Gasteiger partial charge is 0.338 e. The van der Waals surface area contributed by atoms with Crippen LogP contribution in [0.2, 0.25) is 0 Å². The zero-order valence-electron chi connectivity index (χ0n) is 10.8. The lowest BCUT2D eigenvalue weighted by molar-refractivity contribution is 0.0694. The molecule has 2 rings (SSSR count). The SMILES string of the molecule is CCSc1cccc(Nc2ccn(C)n2)c1C(=O)O. The predicted molar refractivity (Wildman–Crippen MR) is 76.3 cm³/mol. The first-order valence-electron chi connectivity index (χ1n) is 5.87. The van der Waals surface area contributed by atoms with E-state index in [9.17, 15) is 9.90 Å². The van der Waals surface area contributed by atoms with Gasteiger partial charge in [-0.05, 0) is 17.9 Å². The van der Waals surface area contributed by atoms with Crippen molar-refractivity contribution in [1.82, 2.24) is 9.78 Å². The lowest BCUT2D eigenvalue weighted by Crippen LogP contribution is -2.05. The van der Waals surface area contributed by atoms with Gasteiger partial charge in [0.25, 0.3) is 0 Å². The largest absolute Gasteiger partial charge is 0.478 e. The van der Waals surface area contributed by atoms with Crippen molar-refractivity contribution in [3.05, 3.63) is 36.0 Å². The Hall–Kier alpha value is -1.95. The van der Waals surface area contributed by atoms with Crippen LogP contribution in [0, 0.1) is 0 Å². The van der Waals surface area contributed by atoms with Crippen LogP contribution in [0.15, 0.2) is 35.4 Å². The Morgan fingerprint density at radius 2 is 2.26 bits per heavy atom. The van der Waals surface area contributed by atoms with Crippen molar-refractivity contribution in [2.45, 2.75) is 11.8 Å². The molecule has 5 nitrogen and oxygen atoms in total. The number of rotatable bonds is 5. The maximum atomic E-state index is 11.4. The fourth-order valence-corrected chi connectivity index (χ4v) is 2.58. The van der Waals surface area contributed by atoms with Gasteiger partial charge in [0.15, 0.2) is 5.82 Å². The fraction of sp³-hybridized carbons (Fsp3) is 0.231. The Morgan fingerprint density at radius 3 is 2.84 bits per heavy atom. The molecule has 0 unspecified atom stereocenters. The molecule has 0 saturated carbocycles. The van der Waals surface area contributed by atoms with E-state index in [0.29, 0.717) is 17.1 Å². The first-order valence-corrected chi connectivity index (χ1v) is 6.86. The zero-order chi connectivity index (χ0) is 13.8. The number of benzene rings is 1. The van der Waals surface area contributed by atoms with Crippen LogP contribution < -0.4 is 5.32 Å². The van der Waals surface area contributed by atoms with Crippen LogP contribution in [-0.4, -0.2) is 26.6 Å². The molecule has 0 radical (unpaired) electrons. The van der Waals surface area contributed by atoms with E-state index in [4.69, 9.17) is 0 Å². The monoisotopic (exact) mass is 277 g/mol. The van der Waals surface area contributed by atoms with E-state index >= 15 is 0 Å². The second kappa shape index (κ2) is 5.79. The summed E-state index contributed by atoms with van der Waals surface area (Å²) >= 11 is 1.51. The van der Waals surface area contributed by atoms with Gasteiger partial charge in [0.1, 0.15) is 0 Å². The minimum atomic E-state index is -0.935. The van der Waals surface area contributed by atoms with Crippen molar-refractivity contribution in [3.63, 3.8) is 0 Å². The average Bonchev–Trinajstić information content (AvgIpc) is 2.75. The summed E-state index contributed by atoms with van der Waals surface area (Å²) in [5.41, 5.74) is 0.852. The minimum Gasteiger partial charge on any atom is -0.478 e.